The van der Waals surface area contributed by atoms with E-state index in [1.165, 1.54) is 6.42 Å². The lowest BCUT2D eigenvalue weighted by atomic mass is 9.83. The number of rotatable bonds is 6. The number of hydrogen-bond donors (Lipinski definition) is 1. The third-order valence-electron chi connectivity index (χ3n) is 3.35. The van der Waals surface area contributed by atoms with Crippen molar-refractivity contribution in [3.8, 4) is 0 Å². The number of likely N-dealkylation sites (N-methyl/N-ethyl adjacent to an activating group) is 1. The van der Waals surface area contributed by atoms with Gasteiger partial charge in [0.15, 0.2) is 0 Å². The molecule has 2 nitrogen and oxygen atoms in total. The summed E-state index contributed by atoms with van der Waals surface area (Å²) in [6, 6.07) is 0.437. The summed E-state index contributed by atoms with van der Waals surface area (Å²) in [7, 11) is 3.82. The maximum absolute atomic E-state index is 5.60. The van der Waals surface area contributed by atoms with Gasteiger partial charge in [0.2, 0.25) is 0 Å². The maximum Gasteiger partial charge on any atom is 0.0802 e. The normalized spacial score (nSPS) is 20.8. The van der Waals surface area contributed by atoms with Gasteiger partial charge < -0.3 is 10.1 Å². The first-order valence-corrected chi connectivity index (χ1v) is 5.28. The molecule has 2 heteroatoms. The van der Waals surface area contributed by atoms with Gasteiger partial charge in [0.1, 0.15) is 0 Å². The zero-order valence-corrected chi connectivity index (χ0v) is 9.98. The van der Waals surface area contributed by atoms with E-state index in [0.717, 1.165) is 6.42 Å². The summed E-state index contributed by atoms with van der Waals surface area (Å²) >= 11 is 0. The molecule has 0 radical (unpaired) electrons. The van der Waals surface area contributed by atoms with Crippen LogP contribution >= 0.6 is 0 Å². The third kappa shape index (κ3) is 2.96. The molecule has 1 N–H and O–H groups in total. The molecule has 13 heavy (non-hydrogen) atoms. The molecule has 0 saturated heterocycles. The van der Waals surface area contributed by atoms with E-state index in [2.05, 4.69) is 33.0 Å². The lowest BCUT2D eigenvalue weighted by Crippen LogP contribution is -2.52. The molecule has 0 aromatic carbocycles. The summed E-state index contributed by atoms with van der Waals surface area (Å²) in [6.45, 7) is 8.85. The minimum Gasteiger partial charge on any atom is -0.377 e. The first-order valence-electron chi connectivity index (χ1n) is 5.28. The Labute approximate surface area is 83.1 Å². The van der Waals surface area contributed by atoms with Gasteiger partial charge in [0.25, 0.3) is 0 Å². The maximum atomic E-state index is 5.60. The van der Waals surface area contributed by atoms with E-state index < -0.39 is 0 Å². The van der Waals surface area contributed by atoms with E-state index in [1.54, 1.807) is 7.11 Å². The van der Waals surface area contributed by atoms with E-state index in [1.807, 2.05) is 7.05 Å². The molecule has 3 atom stereocenters. The SMILES string of the molecule is CCC(C)C(NC)C(C)(CC)OC. The van der Waals surface area contributed by atoms with Crippen LogP contribution in [0.15, 0.2) is 0 Å². The zero-order chi connectivity index (χ0) is 10.5. The van der Waals surface area contributed by atoms with Crippen molar-refractivity contribution in [1.29, 1.82) is 0 Å². The van der Waals surface area contributed by atoms with Crippen LogP contribution in [0.3, 0.4) is 0 Å². The third-order valence-corrected chi connectivity index (χ3v) is 3.35. The summed E-state index contributed by atoms with van der Waals surface area (Å²) in [5, 5.41) is 3.37. The molecule has 80 valence electrons. The Bertz CT molecular complexity index is 132. The molecule has 0 aromatic rings. The largest absolute Gasteiger partial charge is 0.377 e. The molecule has 0 aliphatic rings. The average Bonchev–Trinajstić information content (AvgIpc) is 2.18. The van der Waals surface area contributed by atoms with Crippen LogP contribution < -0.4 is 5.32 Å². The van der Waals surface area contributed by atoms with E-state index in [4.69, 9.17) is 4.74 Å². The second kappa shape index (κ2) is 5.61. The van der Waals surface area contributed by atoms with Crippen molar-refractivity contribution in [2.24, 2.45) is 5.92 Å². The standard InChI is InChI=1S/C11H25NO/c1-7-9(3)10(12-5)11(4,8-2)13-6/h9-10,12H,7-8H2,1-6H3. The van der Waals surface area contributed by atoms with Gasteiger partial charge in [0, 0.05) is 13.2 Å². The van der Waals surface area contributed by atoms with Crippen molar-refractivity contribution in [3.05, 3.63) is 0 Å². The van der Waals surface area contributed by atoms with Crippen molar-refractivity contribution >= 4 is 0 Å². The zero-order valence-electron chi connectivity index (χ0n) is 9.98. The second-order valence-corrected chi connectivity index (χ2v) is 4.02. The Morgan fingerprint density at radius 1 is 1.38 bits per heavy atom. The smallest absolute Gasteiger partial charge is 0.0802 e. The van der Waals surface area contributed by atoms with Crippen LogP contribution in [0.4, 0.5) is 0 Å². The molecule has 0 fully saturated rings. The Morgan fingerprint density at radius 2 is 1.92 bits per heavy atom. The van der Waals surface area contributed by atoms with Crippen LogP contribution in [0.1, 0.15) is 40.5 Å². The van der Waals surface area contributed by atoms with E-state index >= 15 is 0 Å². The number of ether oxygens (including phenoxy) is 1. The van der Waals surface area contributed by atoms with Gasteiger partial charge >= 0.3 is 0 Å². The van der Waals surface area contributed by atoms with Gasteiger partial charge in [-0.05, 0) is 26.3 Å². The molecule has 0 bridgehead atoms. The van der Waals surface area contributed by atoms with Crippen molar-refractivity contribution < 1.29 is 4.74 Å². The first-order chi connectivity index (χ1) is 6.05. The summed E-state index contributed by atoms with van der Waals surface area (Å²) < 4.78 is 5.60. The summed E-state index contributed by atoms with van der Waals surface area (Å²) in [5.74, 6) is 0.648. The Morgan fingerprint density at radius 3 is 2.15 bits per heavy atom. The van der Waals surface area contributed by atoms with Gasteiger partial charge in [-0.1, -0.05) is 27.2 Å². The molecular weight excluding hydrogens is 162 g/mol. The fraction of sp³-hybridized carbons (Fsp3) is 1.00. The number of methoxy groups -OCH3 is 1. The van der Waals surface area contributed by atoms with E-state index in [-0.39, 0.29) is 5.60 Å². The summed E-state index contributed by atoms with van der Waals surface area (Å²) in [5.41, 5.74) is -0.0375. The summed E-state index contributed by atoms with van der Waals surface area (Å²) in [4.78, 5) is 0. The van der Waals surface area contributed by atoms with Crippen molar-refractivity contribution in [2.75, 3.05) is 14.2 Å². The summed E-state index contributed by atoms with van der Waals surface area (Å²) in [6.07, 6.45) is 2.23. The molecule has 0 saturated carbocycles. The highest BCUT2D eigenvalue weighted by Crippen LogP contribution is 2.25. The highest BCUT2D eigenvalue weighted by atomic mass is 16.5. The molecule has 3 unspecified atom stereocenters. The molecule has 0 aliphatic heterocycles. The van der Waals surface area contributed by atoms with Crippen molar-refractivity contribution in [2.45, 2.75) is 52.2 Å². The highest BCUT2D eigenvalue weighted by Gasteiger charge is 2.34. The molecule has 0 aliphatic carbocycles. The minimum atomic E-state index is -0.0375. The van der Waals surface area contributed by atoms with Gasteiger partial charge in [-0.2, -0.15) is 0 Å². The van der Waals surface area contributed by atoms with Gasteiger partial charge in [-0.25, -0.2) is 0 Å². The lowest BCUT2D eigenvalue weighted by Gasteiger charge is -2.39. The molecule has 0 heterocycles. The molecule has 0 rings (SSSR count). The average molecular weight is 187 g/mol. The van der Waals surface area contributed by atoms with Gasteiger partial charge in [-0.15, -0.1) is 0 Å². The fourth-order valence-corrected chi connectivity index (χ4v) is 1.92. The molecular formula is C11H25NO. The van der Waals surface area contributed by atoms with Crippen LogP contribution in [0, 0.1) is 5.92 Å². The topological polar surface area (TPSA) is 21.3 Å². The van der Waals surface area contributed by atoms with Crippen molar-refractivity contribution in [1.82, 2.24) is 5.32 Å². The highest BCUT2D eigenvalue weighted by molar-refractivity contribution is 4.90. The van der Waals surface area contributed by atoms with E-state index in [0.29, 0.717) is 12.0 Å². The quantitative estimate of drug-likeness (QED) is 0.689. The van der Waals surface area contributed by atoms with Gasteiger partial charge in [-0.3, -0.25) is 0 Å². The van der Waals surface area contributed by atoms with Gasteiger partial charge in [0.05, 0.1) is 5.60 Å². The Balaban J connectivity index is 4.51. The number of hydrogen-bond acceptors (Lipinski definition) is 2. The fourth-order valence-electron chi connectivity index (χ4n) is 1.92. The Hall–Kier alpha value is -0.0800. The number of nitrogens with one attached hydrogen (secondary N) is 1. The molecule has 0 aromatic heterocycles. The van der Waals surface area contributed by atoms with Crippen LogP contribution in [0.5, 0.6) is 0 Å². The Kier molecular flexibility index (Phi) is 5.57. The van der Waals surface area contributed by atoms with E-state index in [9.17, 15) is 0 Å². The monoisotopic (exact) mass is 187 g/mol. The second-order valence-electron chi connectivity index (χ2n) is 4.02. The van der Waals surface area contributed by atoms with Crippen LogP contribution in [0.2, 0.25) is 0 Å². The predicted octanol–water partition coefficient (Wildman–Crippen LogP) is 2.44. The van der Waals surface area contributed by atoms with Crippen molar-refractivity contribution in [3.63, 3.8) is 0 Å². The molecule has 0 amide bonds. The van der Waals surface area contributed by atoms with Crippen LogP contribution in [-0.2, 0) is 4.74 Å². The predicted molar refractivity (Wildman–Crippen MR) is 58.0 cm³/mol. The van der Waals surface area contributed by atoms with Crippen LogP contribution in [-0.4, -0.2) is 25.8 Å². The minimum absolute atomic E-state index is 0.0375. The first kappa shape index (κ1) is 12.9. The van der Waals surface area contributed by atoms with Crippen LogP contribution in [0.25, 0.3) is 0 Å². The lowest BCUT2D eigenvalue weighted by molar-refractivity contribution is -0.0416. The molecule has 0 spiro atoms.